The number of hydrogen-bond acceptors (Lipinski definition) is 8. The summed E-state index contributed by atoms with van der Waals surface area (Å²) in [6.45, 7) is 0.943. The highest BCUT2D eigenvalue weighted by Crippen LogP contribution is 2.59. The Labute approximate surface area is 333 Å². The van der Waals surface area contributed by atoms with Crippen LogP contribution < -0.4 is 23.7 Å². The first-order valence-electron chi connectivity index (χ1n) is 15.3. The van der Waals surface area contributed by atoms with Gasteiger partial charge in [0, 0.05) is 5.33 Å². The number of methoxy groups -OCH3 is 3. The van der Waals surface area contributed by atoms with E-state index in [0.717, 1.165) is 33.5 Å². The van der Waals surface area contributed by atoms with Crippen LogP contribution in [-0.2, 0) is 31.8 Å². The van der Waals surface area contributed by atoms with Gasteiger partial charge < -0.3 is 39.0 Å². The summed E-state index contributed by atoms with van der Waals surface area (Å²) in [5.41, 5.74) is 4.87. The van der Waals surface area contributed by atoms with Crippen molar-refractivity contribution in [2.24, 2.45) is 0 Å². The molecule has 0 saturated carbocycles. The van der Waals surface area contributed by atoms with Crippen LogP contribution in [0.5, 0.6) is 34.5 Å². The van der Waals surface area contributed by atoms with Gasteiger partial charge in [0.25, 0.3) is 0 Å². The van der Waals surface area contributed by atoms with E-state index in [-0.39, 0.29) is 23.0 Å². The maximum Gasteiger partial charge on any atom is 0.162 e. The quantitative estimate of drug-likeness (QED) is 0.0838. The highest BCUT2D eigenvalue weighted by Gasteiger charge is 2.07. The molecule has 13 heteroatoms. The molecule has 0 radical (unpaired) electrons. The van der Waals surface area contributed by atoms with E-state index in [0.29, 0.717) is 36.0 Å². The van der Waals surface area contributed by atoms with E-state index in [9.17, 15) is 5.11 Å². The van der Waals surface area contributed by atoms with E-state index in [1.165, 1.54) is 18.7 Å². The molecule has 0 fully saturated rings. The average molecular weight is 976 g/mol. The SMILES string of the molecule is BrP(Br)Br.COc1ccc(CBr)cc1OCc1ccccc1.COc1ccc(CO)cc1O.COc1ccc(CO)cc1OCc1ccccc1. The molecule has 0 unspecified atom stereocenters. The number of halogens is 4. The van der Waals surface area contributed by atoms with Crippen molar-refractivity contribution in [2.45, 2.75) is 31.8 Å². The summed E-state index contributed by atoms with van der Waals surface area (Å²) in [5.74, 6) is 3.33. The summed E-state index contributed by atoms with van der Waals surface area (Å²) in [6, 6.07) is 36.1. The van der Waals surface area contributed by atoms with Crippen molar-refractivity contribution >= 4 is 66.4 Å². The Bertz CT molecular complexity index is 1580. The van der Waals surface area contributed by atoms with Gasteiger partial charge in [0.2, 0.25) is 0 Å². The van der Waals surface area contributed by atoms with Gasteiger partial charge in [-0.05, 0) is 111 Å². The molecular formula is C38H41Br4O8P. The lowest BCUT2D eigenvalue weighted by Crippen LogP contribution is -1.98. The number of benzene rings is 5. The molecule has 0 aliphatic rings. The molecule has 0 heterocycles. The molecule has 51 heavy (non-hydrogen) atoms. The monoisotopic (exact) mass is 972 g/mol. The zero-order valence-corrected chi connectivity index (χ0v) is 35.6. The number of aliphatic hydroxyl groups excluding tert-OH is 2. The number of alkyl halides is 1. The van der Waals surface area contributed by atoms with E-state index in [1.54, 1.807) is 38.5 Å². The standard InChI is InChI=1S/C15H15BrO2.C15H16O3.C8H10O3.Br3P/c2*1-17-14-8-7-13(10-16)9-15(14)18-11-12-5-3-2-4-6-12;1-11-8-3-2-6(5-9)4-7(8)10;1-4(2)3/h2-9H,10-11H2,1H3;2-9,16H,10-11H2,1H3;2-4,9-10H,5H2,1H3;. The average Bonchev–Trinajstić information content (AvgIpc) is 3.17. The van der Waals surface area contributed by atoms with Crippen LogP contribution >= 0.6 is 66.4 Å². The number of ether oxygens (including phenoxy) is 5. The minimum atomic E-state index is -0.183. The Kier molecular flexibility index (Phi) is 22.6. The van der Waals surface area contributed by atoms with Gasteiger partial charge >= 0.3 is 0 Å². The predicted octanol–water partition coefficient (Wildman–Crippen LogP) is 11.2. The number of aliphatic hydroxyl groups is 2. The fraction of sp³-hybridized carbons (Fsp3) is 0.211. The lowest BCUT2D eigenvalue weighted by atomic mass is 10.2. The number of rotatable bonds is 12. The topological polar surface area (TPSA) is 107 Å². The number of hydrogen-bond donors (Lipinski definition) is 3. The van der Waals surface area contributed by atoms with Crippen molar-refractivity contribution in [3.05, 3.63) is 143 Å². The van der Waals surface area contributed by atoms with Gasteiger partial charge in [-0.3, -0.25) is 0 Å². The second-order valence-electron chi connectivity index (χ2n) is 10.2. The number of phenolic OH excluding ortho intramolecular Hbond substituents is 1. The first-order chi connectivity index (χ1) is 24.7. The van der Waals surface area contributed by atoms with E-state index in [1.807, 2.05) is 84.9 Å². The van der Waals surface area contributed by atoms with E-state index < -0.39 is 0 Å². The molecule has 0 aliphatic heterocycles. The van der Waals surface area contributed by atoms with Crippen LogP contribution in [0.3, 0.4) is 0 Å². The molecule has 0 spiro atoms. The van der Waals surface area contributed by atoms with Crippen LogP contribution in [0, 0.1) is 0 Å². The van der Waals surface area contributed by atoms with Gasteiger partial charge in [-0.25, -0.2) is 0 Å². The summed E-state index contributed by atoms with van der Waals surface area (Å²) >= 11 is 12.9. The van der Waals surface area contributed by atoms with Crippen molar-refractivity contribution < 1.29 is 39.0 Å². The summed E-state index contributed by atoms with van der Waals surface area (Å²) in [7, 11) is 4.73. The van der Waals surface area contributed by atoms with Gasteiger partial charge in [0.05, 0.1) is 34.5 Å². The zero-order chi connectivity index (χ0) is 37.4. The second-order valence-corrected chi connectivity index (χ2v) is 26.1. The molecule has 274 valence electrons. The third kappa shape index (κ3) is 17.5. The van der Waals surface area contributed by atoms with E-state index in [4.69, 9.17) is 33.9 Å². The van der Waals surface area contributed by atoms with Crippen LogP contribution in [0.2, 0.25) is 0 Å². The van der Waals surface area contributed by atoms with Crippen molar-refractivity contribution in [2.75, 3.05) is 21.3 Å². The van der Waals surface area contributed by atoms with Crippen molar-refractivity contribution in [3.8, 4) is 34.5 Å². The van der Waals surface area contributed by atoms with Crippen LogP contribution in [0.4, 0.5) is 0 Å². The molecule has 0 amide bonds. The predicted molar refractivity (Wildman–Crippen MR) is 220 cm³/mol. The molecule has 5 aromatic rings. The lowest BCUT2D eigenvalue weighted by molar-refractivity contribution is 0.271. The second kappa shape index (κ2) is 26.0. The molecule has 0 aliphatic carbocycles. The highest BCUT2D eigenvalue weighted by atomic mass is 80.0. The maximum atomic E-state index is 9.19. The summed E-state index contributed by atoms with van der Waals surface area (Å²) < 4.78 is 26.7. The molecule has 0 saturated heterocycles. The van der Waals surface area contributed by atoms with E-state index >= 15 is 0 Å². The smallest absolute Gasteiger partial charge is 0.162 e. The normalized spacial score (nSPS) is 9.92. The Morgan fingerprint density at radius 1 is 0.490 bits per heavy atom. The first-order valence-corrected chi connectivity index (χ1v) is 23.8. The fourth-order valence-corrected chi connectivity index (χ4v) is 4.50. The molecule has 5 aromatic carbocycles. The summed E-state index contributed by atoms with van der Waals surface area (Å²) in [6.07, 6.45) is 0. The molecule has 0 aromatic heterocycles. The third-order valence-electron chi connectivity index (χ3n) is 6.69. The van der Waals surface area contributed by atoms with Gasteiger partial charge in [-0.1, -0.05) is 94.8 Å². The third-order valence-corrected chi connectivity index (χ3v) is 7.34. The van der Waals surface area contributed by atoms with Crippen molar-refractivity contribution in [1.29, 1.82) is 0 Å². The van der Waals surface area contributed by atoms with Crippen LogP contribution in [0.15, 0.2) is 115 Å². The van der Waals surface area contributed by atoms with Crippen LogP contribution in [0.25, 0.3) is 0 Å². The lowest BCUT2D eigenvalue weighted by Gasteiger charge is -2.11. The Morgan fingerprint density at radius 2 is 0.863 bits per heavy atom. The molecule has 0 bridgehead atoms. The number of aromatic hydroxyl groups is 1. The Balaban J connectivity index is 0.000000258. The van der Waals surface area contributed by atoms with Gasteiger partial charge in [-0.15, -0.1) is 0 Å². The maximum absolute atomic E-state index is 9.19. The molecular weight excluding hydrogens is 935 g/mol. The minimum absolute atomic E-state index is 0.00824. The van der Waals surface area contributed by atoms with Crippen molar-refractivity contribution in [1.82, 2.24) is 0 Å². The first kappa shape index (κ1) is 44.3. The largest absolute Gasteiger partial charge is 0.504 e. The highest BCUT2D eigenvalue weighted by molar-refractivity contribution is 9.93. The fourth-order valence-electron chi connectivity index (χ4n) is 4.15. The van der Waals surface area contributed by atoms with Crippen LogP contribution in [-0.4, -0.2) is 36.6 Å². The van der Waals surface area contributed by atoms with Crippen molar-refractivity contribution in [3.63, 3.8) is 0 Å². The molecule has 5 rings (SSSR count). The minimum Gasteiger partial charge on any atom is -0.504 e. The van der Waals surface area contributed by atoms with E-state index in [2.05, 4.69) is 62.4 Å². The summed E-state index contributed by atoms with van der Waals surface area (Å²) in [5, 5.41) is 27.8. The molecule has 3 N–H and O–H groups in total. The van der Waals surface area contributed by atoms with Gasteiger partial charge in [0.1, 0.15) is 17.2 Å². The van der Waals surface area contributed by atoms with Gasteiger partial charge in [-0.2, -0.15) is 0 Å². The Morgan fingerprint density at radius 3 is 1.24 bits per heavy atom. The van der Waals surface area contributed by atoms with Gasteiger partial charge in [0.15, 0.2) is 34.5 Å². The zero-order valence-electron chi connectivity index (χ0n) is 28.3. The summed E-state index contributed by atoms with van der Waals surface area (Å²) in [4.78, 5) is 0. The number of phenols is 1. The molecule has 0 atom stereocenters. The molecule has 8 nitrogen and oxygen atoms in total. The van der Waals surface area contributed by atoms with Crippen LogP contribution in [0.1, 0.15) is 27.8 Å². The Hall–Kier alpha value is -2.83.